The van der Waals surface area contributed by atoms with Gasteiger partial charge in [-0.05, 0) is 80.6 Å². The van der Waals surface area contributed by atoms with Crippen LogP contribution in [0.4, 0.5) is 5.69 Å². The van der Waals surface area contributed by atoms with Crippen molar-refractivity contribution in [1.82, 2.24) is 9.97 Å². The van der Waals surface area contributed by atoms with E-state index in [1.165, 1.54) is 11.1 Å². The molecular formula is C48H34N5+. The van der Waals surface area contributed by atoms with Gasteiger partial charge in [-0.25, -0.2) is 0 Å². The number of aromatic nitrogens is 2. The minimum atomic E-state index is 0.364. The molecule has 1 aliphatic carbocycles. The highest BCUT2D eigenvalue weighted by molar-refractivity contribution is 6.69. The van der Waals surface area contributed by atoms with E-state index in [2.05, 4.69) is 156 Å². The lowest BCUT2D eigenvalue weighted by Gasteiger charge is -2.20. The van der Waals surface area contributed by atoms with E-state index in [4.69, 9.17) is 5.10 Å². The normalized spacial score (nSPS) is 13.7. The minimum Gasteiger partial charge on any atom is -0.298 e. The van der Waals surface area contributed by atoms with Crippen LogP contribution in [0.3, 0.4) is 0 Å². The van der Waals surface area contributed by atoms with Crippen LogP contribution < -0.4 is 5.43 Å². The lowest BCUT2D eigenvalue weighted by Crippen LogP contribution is -2.72. The zero-order valence-corrected chi connectivity index (χ0v) is 28.8. The molecule has 53 heavy (non-hydrogen) atoms. The molecule has 0 atom stereocenters. The summed E-state index contributed by atoms with van der Waals surface area (Å²) in [5.41, 5.74) is 14.1. The molecule has 0 spiro atoms. The van der Waals surface area contributed by atoms with Crippen LogP contribution in [0.15, 0.2) is 194 Å². The molecule has 0 radical (unpaired) electrons. The van der Waals surface area contributed by atoms with Crippen LogP contribution in [-0.2, 0) is 0 Å². The smallest absolute Gasteiger partial charge is 0.171 e. The van der Waals surface area contributed by atoms with Crippen LogP contribution in [0, 0.1) is 5.41 Å². The molecule has 250 valence electrons. The van der Waals surface area contributed by atoms with Crippen molar-refractivity contribution < 1.29 is 5.43 Å². The van der Waals surface area contributed by atoms with Gasteiger partial charge in [0.05, 0.1) is 5.71 Å². The molecule has 5 heteroatoms. The van der Waals surface area contributed by atoms with E-state index in [-0.39, 0.29) is 0 Å². The van der Waals surface area contributed by atoms with E-state index in [9.17, 15) is 5.41 Å². The van der Waals surface area contributed by atoms with Crippen molar-refractivity contribution in [2.24, 2.45) is 5.10 Å². The zero-order valence-electron chi connectivity index (χ0n) is 28.8. The zero-order chi connectivity index (χ0) is 35.6. The third kappa shape index (κ3) is 6.05. The summed E-state index contributed by atoms with van der Waals surface area (Å²) in [5.74, 6) is 0. The van der Waals surface area contributed by atoms with E-state index in [0.29, 0.717) is 11.4 Å². The summed E-state index contributed by atoms with van der Waals surface area (Å²) in [6.45, 7) is 0. The standard InChI is InChI=1S/C48H33N5/c49-46-39(35-16-8-14-33(28-35)37-18-10-26-50-30-37)24-25-40(36-17-9-15-34(29-36)38-19-11-27-51-31-38)48(46)53-52-47-43-22-6-4-20-41(43)45(32-12-2-1-3-13-32)42-21-5-7-23-44(42)47/h1-31,49,52H/p+1. The number of nitrogens with zero attached hydrogens (tertiary/aromatic N) is 3. The van der Waals surface area contributed by atoms with Gasteiger partial charge in [-0.2, -0.15) is 5.43 Å². The molecule has 2 heterocycles. The number of nitrogens with one attached hydrogen (secondary N) is 1. The Labute approximate surface area is 307 Å². The second-order valence-electron chi connectivity index (χ2n) is 13.0. The quantitative estimate of drug-likeness (QED) is 0.0578. The van der Waals surface area contributed by atoms with Gasteiger partial charge in [-0.15, -0.1) is 0 Å². The number of hydrogen-bond acceptors (Lipinski definition) is 4. The summed E-state index contributed by atoms with van der Waals surface area (Å²) >= 11 is 0. The van der Waals surface area contributed by atoms with Gasteiger partial charge in [0, 0.05) is 57.8 Å². The molecule has 8 aromatic rings. The van der Waals surface area contributed by atoms with Crippen LogP contribution in [0.2, 0.25) is 0 Å². The van der Waals surface area contributed by atoms with Crippen LogP contribution >= 0.6 is 0 Å². The first-order valence-electron chi connectivity index (χ1n) is 17.7. The van der Waals surface area contributed by atoms with Gasteiger partial charge in [-0.1, -0.05) is 133 Å². The molecule has 0 fully saturated rings. The molecule has 1 aliphatic rings. The highest BCUT2D eigenvalue weighted by Gasteiger charge is 2.26. The van der Waals surface area contributed by atoms with Crippen LogP contribution in [-0.4, -0.2) is 21.4 Å². The maximum absolute atomic E-state index is 9.77. The Hall–Kier alpha value is -7.08. The first kappa shape index (κ1) is 31.9. The molecular weight excluding hydrogens is 647 g/mol. The molecule has 9 rings (SSSR count). The molecule has 0 bridgehead atoms. The van der Waals surface area contributed by atoms with E-state index in [0.717, 1.165) is 71.8 Å². The second-order valence-corrected chi connectivity index (χ2v) is 13.0. The highest BCUT2D eigenvalue weighted by Crippen LogP contribution is 2.40. The molecule has 6 aromatic carbocycles. The average molecular weight is 681 g/mol. The largest absolute Gasteiger partial charge is 0.298 e. The second kappa shape index (κ2) is 13.9. The lowest BCUT2D eigenvalue weighted by atomic mass is 9.85. The number of fused-ring (bicyclic) bond motifs is 2. The van der Waals surface area contributed by atoms with E-state index in [1.807, 2.05) is 36.0 Å². The summed E-state index contributed by atoms with van der Waals surface area (Å²) in [6, 6.07) is 52.4. The van der Waals surface area contributed by atoms with Gasteiger partial charge in [-0.3, -0.25) is 15.4 Å². The molecule has 0 saturated heterocycles. The number of nitrogens with two attached hydrogens (primary N) is 1. The highest BCUT2D eigenvalue weighted by atomic mass is 15.3. The number of quaternary nitrogens is 1. The summed E-state index contributed by atoms with van der Waals surface area (Å²) in [5, 5.41) is 19.6. The summed E-state index contributed by atoms with van der Waals surface area (Å²) < 4.78 is 0. The first-order chi connectivity index (χ1) is 26.2. The maximum Gasteiger partial charge on any atom is 0.171 e. The van der Waals surface area contributed by atoms with Crippen molar-refractivity contribution in [3.63, 3.8) is 0 Å². The Morgan fingerprint density at radius 3 is 1.47 bits per heavy atom. The number of pyridine rings is 2. The fourth-order valence-electron chi connectivity index (χ4n) is 7.34. The van der Waals surface area contributed by atoms with E-state index < -0.39 is 0 Å². The van der Waals surface area contributed by atoms with Crippen molar-refractivity contribution >= 4 is 49.8 Å². The van der Waals surface area contributed by atoms with E-state index in [1.54, 1.807) is 12.4 Å². The molecule has 5 nitrogen and oxygen atoms in total. The predicted molar refractivity (Wildman–Crippen MR) is 219 cm³/mol. The van der Waals surface area contributed by atoms with Crippen molar-refractivity contribution in [2.75, 3.05) is 0 Å². The van der Waals surface area contributed by atoms with Crippen LogP contribution in [0.1, 0.15) is 11.1 Å². The number of benzene rings is 6. The van der Waals surface area contributed by atoms with Crippen molar-refractivity contribution in [3.05, 3.63) is 200 Å². The predicted octanol–water partition coefficient (Wildman–Crippen LogP) is 10.5. The van der Waals surface area contributed by atoms with Gasteiger partial charge < -0.3 is 0 Å². The SMILES string of the molecule is N=C1C(c2cccc(-c3cccnc3)c2)=CC=C(c2cccc(-c3cccnc3)c2)C1=N[NH2+]c1c2ccccc2c(-c2ccccc2)c2ccccc12. The Balaban J connectivity index is 1.21. The summed E-state index contributed by atoms with van der Waals surface area (Å²) in [7, 11) is 0. The fourth-order valence-corrected chi connectivity index (χ4v) is 7.34. The maximum atomic E-state index is 9.77. The first-order valence-corrected chi connectivity index (χ1v) is 17.7. The Morgan fingerprint density at radius 1 is 0.434 bits per heavy atom. The van der Waals surface area contributed by atoms with Crippen LogP contribution in [0.5, 0.6) is 0 Å². The van der Waals surface area contributed by atoms with Gasteiger partial charge in [0.25, 0.3) is 0 Å². The molecule has 2 aromatic heterocycles. The Morgan fingerprint density at radius 2 is 0.906 bits per heavy atom. The summed E-state index contributed by atoms with van der Waals surface area (Å²) in [4.78, 5) is 8.68. The molecule has 3 N–H and O–H groups in total. The van der Waals surface area contributed by atoms with Gasteiger partial charge in [0.2, 0.25) is 0 Å². The van der Waals surface area contributed by atoms with Gasteiger partial charge >= 0.3 is 0 Å². The van der Waals surface area contributed by atoms with Crippen LogP contribution in [0.25, 0.3) is 66.1 Å². The Kier molecular flexibility index (Phi) is 8.37. The molecule has 0 saturated carbocycles. The lowest BCUT2D eigenvalue weighted by molar-refractivity contribution is -0.574. The molecule has 0 amide bonds. The molecule has 0 unspecified atom stereocenters. The molecule has 0 aliphatic heterocycles. The Bertz CT molecular complexity index is 2690. The third-order valence-electron chi connectivity index (χ3n) is 9.87. The van der Waals surface area contributed by atoms with Crippen molar-refractivity contribution in [1.29, 1.82) is 5.41 Å². The number of rotatable bonds is 7. The van der Waals surface area contributed by atoms with Gasteiger partial charge in [0.15, 0.2) is 11.4 Å². The number of allylic oxidation sites excluding steroid dienone is 4. The van der Waals surface area contributed by atoms with Gasteiger partial charge in [0.1, 0.15) is 0 Å². The monoisotopic (exact) mass is 680 g/mol. The van der Waals surface area contributed by atoms with Crippen molar-refractivity contribution in [2.45, 2.75) is 0 Å². The van der Waals surface area contributed by atoms with Crippen molar-refractivity contribution in [3.8, 4) is 33.4 Å². The van der Waals surface area contributed by atoms with E-state index >= 15 is 0 Å². The third-order valence-corrected chi connectivity index (χ3v) is 9.87. The average Bonchev–Trinajstić information content (AvgIpc) is 3.23. The summed E-state index contributed by atoms with van der Waals surface area (Å²) in [6.07, 6.45) is 11.5. The number of hydrogen-bond donors (Lipinski definition) is 2. The minimum absolute atomic E-state index is 0.364. The topological polar surface area (TPSA) is 78.6 Å². The fraction of sp³-hybridized carbons (Fsp3) is 0.